The molecule has 1 aromatic rings. The molecule has 4 heteroatoms. The predicted molar refractivity (Wildman–Crippen MR) is 77.1 cm³/mol. The third-order valence-corrected chi connectivity index (χ3v) is 3.71. The fourth-order valence-electron chi connectivity index (χ4n) is 1.20. The van der Waals surface area contributed by atoms with E-state index in [4.69, 9.17) is 4.74 Å². The van der Waals surface area contributed by atoms with Crippen molar-refractivity contribution < 1.29 is 9.29 Å². The lowest BCUT2D eigenvalue weighted by Crippen LogP contribution is -2.27. The molecule has 0 amide bonds. The summed E-state index contributed by atoms with van der Waals surface area (Å²) in [4.78, 5) is 0. The summed E-state index contributed by atoms with van der Waals surface area (Å²) in [7, 11) is 0. The molecule has 1 aromatic carbocycles. The zero-order valence-corrected chi connectivity index (χ0v) is 12.3. The minimum Gasteiger partial charge on any atom is -0.591 e. The molecule has 0 aliphatic rings. The van der Waals surface area contributed by atoms with Gasteiger partial charge in [-0.3, -0.25) is 0 Å². The van der Waals surface area contributed by atoms with Crippen LogP contribution in [0, 0.1) is 0 Å². The molecule has 3 nitrogen and oxygen atoms in total. The van der Waals surface area contributed by atoms with Gasteiger partial charge in [0.1, 0.15) is 16.1 Å². The van der Waals surface area contributed by atoms with E-state index in [1.165, 1.54) is 0 Å². The maximum atomic E-state index is 11.8. The van der Waals surface area contributed by atoms with E-state index in [9.17, 15) is 4.55 Å². The van der Waals surface area contributed by atoms with Crippen LogP contribution < -0.4 is 0 Å². The number of hydrogen-bond acceptors (Lipinski definition) is 3. The van der Waals surface area contributed by atoms with Crippen molar-refractivity contribution in [2.45, 2.75) is 39.0 Å². The second-order valence-electron chi connectivity index (χ2n) is 5.17. The number of hydrogen-bond donors (Lipinski definition) is 0. The van der Waals surface area contributed by atoms with Crippen LogP contribution in [0.4, 0.5) is 0 Å². The molecule has 1 unspecified atom stereocenters. The van der Waals surface area contributed by atoms with Crippen molar-refractivity contribution in [2.75, 3.05) is 6.61 Å². The topological polar surface area (TPSA) is 44.6 Å². The Kier molecular flexibility index (Phi) is 5.85. The molecule has 0 saturated carbocycles. The number of benzene rings is 1. The van der Waals surface area contributed by atoms with Gasteiger partial charge in [-0.1, -0.05) is 34.7 Å². The van der Waals surface area contributed by atoms with E-state index in [2.05, 4.69) is 4.40 Å². The first-order chi connectivity index (χ1) is 8.39. The minimum atomic E-state index is -1.21. The first-order valence-corrected chi connectivity index (χ1v) is 7.08. The maximum Gasteiger partial charge on any atom is 0.144 e. The Bertz CT molecular complexity index is 385. The van der Waals surface area contributed by atoms with Gasteiger partial charge in [-0.15, -0.1) is 0 Å². The Morgan fingerprint density at radius 3 is 2.44 bits per heavy atom. The Labute approximate surface area is 113 Å². The molecule has 0 heterocycles. The summed E-state index contributed by atoms with van der Waals surface area (Å²) in [6.07, 6.45) is 0. The number of ether oxygens (including phenoxy) is 1. The molecular formula is C14H21NO2S. The summed E-state index contributed by atoms with van der Waals surface area (Å²) in [6.45, 7) is 8.53. The van der Waals surface area contributed by atoms with Crippen molar-refractivity contribution in [3.63, 3.8) is 0 Å². The summed E-state index contributed by atoms with van der Waals surface area (Å²) >= 11 is -1.21. The fraction of sp³-hybridized carbons (Fsp3) is 0.500. The highest BCUT2D eigenvalue weighted by Gasteiger charge is 2.26. The molecule has 0 saturated heterocycles. The second-order valence-corrected chi connectivity index (χ2v) is 7.07. The molecule has 0 radical (unpaired) electrons. The number of rotatable bonds is 5. The van der Waals surface area contributed by atoms with Crippen LogP contribution in [0.1, 0.15) is 33.3 Å². The standard InChI is InChI=1S/C14H21NO2S/c1-12(15-18(16)14(2,3)4)10-17-11-13-8-6-5-7-9-13/h5-9H,10-11H2,1-4H3/b15-12-. The van der Waals surface area contributed by atoms with Gasteiger partial charge >= 0.3 is 0 Å². The maximum absolute atomic E-state index is 11.8. The molecule has 0 aliphatic heterocycles. The van der Waals surface area contributed by atoms with Gasteiger partial charge in [-0.2, -0.15) is 0 Å². The molecule has 0 spiro atoms. The SMILES string of the molecule is C/C(COCc1ccccc1)=N/[S+]([O-])C(C)(C)C. The second kappa shape index (κ2) is 6.92. The van der Waals surface area contributed by atoms with Crippen LogP contribution in [0.2, 0.25) is 0 Å². The molecule has 1 atom stereocenters. The van der Waals surface area contributed by atoms with E-state index in [-0.39, 0.29) is 4.75 Å². The van der Waals surface area contributed by atoms with Crippen molar-refractivity contribution in [3.8, 4) is 0 Å². The first kappa shape index (κ1) is 15.2. The largest absolute Gasteiger partial charge is 0.591 e. The summed E-state index contributed by atoms with van der Waals surface area (Å²) in [5.41, 5.74) is 1.89. The van der Waals surface area contributed by atoms with Crippen molar-refractivity contribution in [2.24, 2.45) is 4.40 Å². The molecule has 100 valence electrons. The van der Waals surface area contributed by atoms with E-state index in [1.807, 2.05) is 58.0 Å². The van der Waals surface area contributed by atoms with Crippen LogP contribution in [0.25, 0.3) is 0 Å². The van der Waals surface area contributed by atoms with Gasteiger partial charge in [0.2, 0.25) is 0 Å². The summed E-state index contributed by atoms with van der Waals surface area (Å²) in [5.74, 6) is 0. The van der Waals surface area contributed by atoms with Crippen molar-refractivity contribution in [1.29, 1.82) is 0 Å². The third-order valence-electron chi connectivity index (χ3n) is 2.19. The molecular weight excluding hydrogens is 246 g/mol. The van der Waals surface area contributed by atoms with Crippen LogP contribution >= 0.6 is 0 Å². The van der Waals surface area contributed by atoms with Gasteiger partial charge < -0.3 is 9.29 Å². The highest BCUT2D eigenvalue weighted by Crippen LogP contribution is 2.17. The lowest BCUT2D eigenvalue weighted by Gasteiger charge is -2.18. The van der Waals surface area contributed by atoms with Gasteiger partial charge in [0.25, 0.3) is 0 Å². The monoisotopic (exact) mass is 267 g/mol. The number of nitrogens with zero attached hydrogens (tertiary/aromatic N) is 1. The van der Waals surface area contributed by atoms with Gasteiger partial charge in [-0.25, -0.2) is 0 Å². The Morgan fingerprint density at radius 2 is 1.89 bits per heavy atom. The predicted octanol–water partition coefficient (Wildman–Crippen LogP) is 3.13. The molecule has 0 aromatic heterocycles. The highest BCUT2D eigenvalue weighted by molar-refractivity contribution is 7.91. The minimum absolute atomic E-state index is 0.319. The molecule has 18 heavy (non-hydrogen) atoms. The molecule has 0 aliphatic carbocycles. The van der Waals surface area contributed by atoms with E-state index in [0.29, 0.717) is 13.2 Å². The van der Waals surface area contributed by atoms with Crippen LogP contribution in [0.5, 0.6) is 0 Å². The lowest BCUT2D eigenvalue weighted by molar-refractivity contribution is 0.158. The quantitative estimate of drug-likeness (QED) is 0.607. The molecule has 0 bridgehead atoms. The normalized spacial score (nSPS) is 14.6. The van der Waals surface area contributed by atoms with Gasteiger partial charge in [0.15, 0.2) is 0 Å². The Morgan fingerprint density at radius 1 is 1.28 bits per heavy atom. The fourth-order valence-corrected chi connectivity index (χ4v) is 1.81. The zero-order valence-electron chi connectivity index (χ0n) is 11.5. The van der Waals surface area contributed by atoms with Crippen LogP contribution in [0.15, 0.2) is 34.7 Å². The first-order valence-electron chi connectivity index (χ1n) is 5.97. The summed E-state index contributed by atoms with van der Waals surface area (Å²) < 4.78 is 21.1. The van der Waals surface area contributed by atoms with Gasteiger partial charge in [-0.05, 0) is 33.3 Å². The molecule has 1 rings (SSSR count). The molecule has 0 N–H and O–H groups in total. The van der Waals surface area contributed by atoms with E-state index >= 15 is 0 Å². The van der Waals surface area contributed by atoms with E-state index in [1.54, 1.807) is 0 Å². The summed E-state index contributed by atoms with van der Waals surface area (Å²) in [6, 6.07) is 9.96. The Hall–Kier alpha value is -0.840. The lowest BCUT2D eigenvalue weighted by atomic mass is 10.2. The zero-order chi connectivity index (χ0) is 13.6. The van der Waals surface area contributed by atoms with E-state index < -0.39 is 11.4 Å². The summed E-state index contributed by atoms with van der Waals surface area (Å²) in [5, 5.41) is 0. The van der Waals surface area contributed by atoms with Crippen molar-refractivity contribution >= 4 is 17.1 Å². The highest BCUT2D eigenvalue weighted by atomic mass is 32.2. The average molecular weight is 267 g/mol. The van der Waals surface area contributed by atoms with Crippen LogP contribution in [0.3, 0.4) is 0 Å². The van der Waals surface area contributed by atoms with Crippen LogP contribution in [-0.4, -0.2) is 21.6 Å². The smallest absolute Gasteiger partial charge is 0.144 e. The van der Waals surface area contributed by atoms with Gasteiger partial charge in [0.05, 0.1) is 18.9 Å². The van der Waals surface area contributed by atoms with Crippen molar-refractivity contribution in [1.82, 2.24) is 0 Å². The Balaban J connectivity index is 2.37. The van der Waals surface area contributed by atoms with E-state index in [0.717, 1.165) is 11.3 Å². The third kappa shape index (κ3) is 5.67. The molecule has 0 fully saturated rings. The van der Waals surface area contributed by atoms with Crippen LogP contribution in [-0.2, 0) is 22.7 Å². The van der Waals surface area contributed by atoms with Crippen molar-refractivity contribution in [3.05, 3.63) is 35.9 Å². The van der Waals surface area contributed by atoms with Gasteiger partial charge in [0, 0.05) is 0 Å². The average Bonchev–Trinajstić information content (AvgIpc) is 2.29.